The number of rotatable bonds is 7. The van der Waals surface area contributed by atoms with Gasteiger partial charge in [0.05, 0.1) is 12.7 Å². The topological polar surface area (TPSA) is 47.4 Å². The second-order valence-electron chi connectivity index (χ2n) is 7.67. The van der Waals surface area contributed by atoms with Gasteiger partial charge in [-0.05, 0) is 46.9 Å². The van der Waals surface area contributed by atoms with Crippen LogP contribution in [0, 0.1) is 0 Å². The number of hydrogen-bond donors (Lipinski definition) is 0. The van der Waals surface area contributed by atoms with E-state index in [9.17, 15) is 4.79 Å². The maximum absolute atomic E-state index is 12.5. The molecule has 0 fully saturated rings. The fraction of sp³-hybridized carbons (Fsp3) is 0.280. The molecular formula is C25H27N3O2. The molecule has 0 saturated heterocycles. The van der Waals surface area contributed by atoms with Crippen molar-refractivity contribution in [3.8, 4) is 5.75 Å². The Morgan fingerprint density at radius 2 is 1.97 bits per heavy atom. The maximum Gasteiger partial charge on any atom is 0.270 e. The van der Waals surface area contributed by atoms with Crippen LogP contribution in [0.15, 0.2) is 72.2 Å². The average Bonchev–Trinajstić information content (AvgIpc) is 2.79. The summed E-state index contributed by atoms with van der Waals surface area (Å²) in [5.74, 6) is 0.471. The molecular weight excluding hydrogens is 374 g/mol. The lowest BCUT2D eigenvalue weighted by Gasteiger charge is -2.28. The third-order valence-corrected chi connectivity index (χ3v) is 5.59. The van der Waals surface area contributed by atoms with Gasteiger partial charge >= 0.3 is 0 Å². The first-order chi connectivity index (χ1) is 14.6. The molecule has 0 unspecified atom stereocenters. The normalized spacial score (nSPS) is 13.6. The molecule has 0 bridgehead atoms. The fourth-order valence-corrected chi connectivity index (χ4v) is 3.73. The Hall–Kier alpha value is -3.18. The van der Waals surface area contributed by atoms with Gasteiger partial charge in [-0.3, -0.25) is 9.69 Å². The Bertz CT molecular complexity index is 1090. The average molecular weight is 402 g/mol. The SMILES string of the molecule is C=C(Cn1ncc(OCc2ccccc2)cc1=O)c1ccc2c(c1)CN(CC)CC2. The second kappa shape index (κ2) is 9.09. The molecule has 0 atom stereocenters. The van der Waals surface area contributed by atoms with Gasteiger partial charge in [-0.2, -0.15) is 5.10 Å². The summed E-state index contributed by atoms with van der Waals surface area (Å²) in [4.78, 5) is 14.9. The summed E-state index contributed by atoms with van der Waals surface area (Å²) < 4.78 is 7.12. The molecule has 5 heteroatoms. The minimum atomic E-state index is -0.197. The Balaban J connectivity index is 1.43. The molecule has 1 aromatic heterocycles. The van der Waals surface area contributed by atoms with E-state index in [-0.39, 0.29) is 5.56 Å². The summed E-state index contributed by atoms with van der Waals surface area (Å²) in [5.41, 5.74) is 5.54. The Labute approximate surface area is 177 Å². The summed E-state index contributed by atoms with van der Waals surface area (Å²) in [5, 5.41) is 4.28. The quantitative estimate of drug-likeness (QED) is 0.602. The zero-order valence-corrected chi connectivity index (χ0v) is 17.4. The van der Waals surface area contributed by atoms with Gasteiger partial charge in [-0.15, -0.1) is 0 Å². The molecule has 2 heterocycles. The van der Waals surface area contributed by atoms with Gasteiger partial charge in [-0.1, -0.05) is 56.0 Å². The zero-order chi connectivity index (χ0) is 20.9. The molecule has 0 radical (unpaired) electrons. The third-order valence-electron chi connectivity index (χ3n) is 5.59. The van der Waals surface area contributed by atoms with Crippen molar-refractivity contribution >= 4 is 5.57 Å². The summed E-state index contributed by atoms with van der Waals surface area (Å²) in [6, 6.07) is 17.8. The molecule has 154 valence electrons. The summed E-state index contributed by atoms with van der Waals surface area (Å²) in [6.45, 7) is 10.3. The molecule has 0 amide bonds. The van der Waals surface area contributed by atoms with Crippen LogP contribution in [0.1, 0.15) is 29.2 Å². The number of allylic oxidation sites excluding steroid dienone is 1. The predicted octanol–water partition coefficient (Wildman–Crippen LogP) is 3.91. The molecule has 0 saturated carbocycles. The van der Waals surface area contributed by atoms with E-state index in [1.807, 2.05) is 30.3 Å². The smallest absolute Gasteiger partial charge is 0.270 e. The molecule has 0 N–H and O–H groups in total. The number of ether oxygens (including phenoxy) is 1. The van der Waals surface area contributed by atoms with Crippen molar-refractivity contribution in [2.45, 2.75) is 33.0 Å². The number of hydrogen-bond acceptors (Lipinski definition) is 4. The molecule has 4 rings (SSSR count). The maximum atomic E-state index is 12.5. The van der Waals surface area contributed by atoms with Crippen molar-refractivity contribution in [1.82, 2.24) is 14.7 Å². The second-order valence-corrected chi connectivity index (χ2v) is 7.67. The lowest BCUT2D eigenvalue weighted by Crippen LogP contribution is -2.30. The number of benzene rings is 2. The first-order valence-electron chi connectivity index (χ1n) is 10.4. The highest BCUT2D eigenvalue weighted by atomic mass is 16.5. The predicted molar refractivity (Wildman–Crippen MR) is 119 cm³/mol. The van der Waals surface area contributed by atoms with Crippen LogP contribution < -0.4 is 10.3 Å². The van der Waals surface area contributed by atoms with E-state index in [4.69, 9.17) is 4.74 Å². The van der Waals surface area contributed by atoms with E-state index < -0.39 is 0 Å². The minimum Gasteiger partial charge on any atom is -0.487 e. The van der Waals surface area contributed by atoms with Crippen LogP contribution in [0.4, 0.5) is 0 Å². The molecule has 2 aromatic carbocycles. The van der Waals surface area contributed by atoms with E-state index in [1.54, 1.807) is 6.20 Å². The molecule has 1 aliphatic rings. The molecule has 30 heavy (non-hydrogen) atoms. The Morgan fingerprint density at radius 1 is 1.13 bits per heavy atom. The Kier molecular flexibility index (Phi) is 6.10. The molecule has 0 spiro atoms. The van der Waals surface area contributed by atoms with Crippen LogP contribution >= 0.6 is 0 Å². The largest absolute Gasteiger partial charge is 0.487 e. The fourth-order valence-electron chi connectivity index (χ4n) is 3.73. The van der Waals surface area contributed by atoms with Gasteiger partial charge in [0.15, 0.2) is 0 Å². The van der Waals surface area contributed by atoms with Crippen molar-refractivity contribution < 1.29 is 4.74 Å². The van der Waals surface area contributed by atoms with Gasteiger partial charge in [-0.25, -0.2) is 4.68 Å². The third kappa shape index (κ3) is 4.69. The first-order valence-corrected chi connectivity index (χ1v) is 10.4. The number of nitrogens with zero attached hydrogens (tertiary/aromatic N) is 3. The van der Waals surface area contributed by atoms with Gasteiger partial charge in [0.25, 0.3) is 5.56 Å². The van der Waals surface area contributed by atoms with Crippen molar-refractivity contribution in [3.05, 3.63) is 100.0 Å². The van der Waals surface area contributed by atoms with Crippen LogP contribution in [0.2, 0.25) is 0 Å². The Morgan fingerprint density at radius 3 is 2.73 bits per heavy atom. The van der Waals surface area contributed by atoms with Gasteiger partial charge < -0.3 is 4.74 Å². The van der Waals surface area contributed by atoms with Gasteiger partial charge in [0, 0.05) is 19.2 Å². The van der Waals surface area contributed by atoms with E-state index in [0.717, 1.165) is 42.8 Å². The highest BCUT2D eigenvalue weighted by Gasteiger charge is 2.16. The van der Waals surface area contributed by atoms with E-state index in [1.165, 1.54) is 21.9 Å². The van der Waals surface area contributed by atoms with Gasteiger partial charge in [0.1, 0.15) is 12.4 Å². The van der Waals surface area contributed by atoms with Crippen LogP contribution in [0.5, 0.6) is 5.75 Å². The lowest BCUT2D eigenvalue weighted by molar-refractivity contribution is 0.268. The van der Waals surface area contributed by atoms with E-state index in [2.05, 4.69) is 41.7 Å². The minimum absolute atomic E-state index is 0.197. The number of aromatic nitrogens is 2. The van der Waals surface area contributed by atoms with Crippen molar-refractivity contribution in [1.29, 1.82) is 0 Å². The zero-order valence-electron chi connectivity index (χ0n) is 17.4. The van der Waals surface area contributed by atoms with Crippen molar-refractivity contribution in [2.75, 3.05) is 13.1 Å². The highest BCUT2D eigenvalue weighted by Crippen LogP contribution is 2.24. The van der Waals surface area contributed by atoms with Crippen molar-refractivity contribution in [3.63, 3.8) is 0 Å². The number of likely N-dealkylation sites (N-methyl/N-ethyl adjacent to an activating group) is 1. The molecule has 5 nitrogen and oxygen atoms in total. The summed E-state index contributed by atoms with van der Waals surface area (Å²) in [6.07, 6.45) is 2.67. The first kappa shape index (κ1) is 20.1. The van der Waals surface area contributed by atoms with Crippen LogP contribution in [-0.2, 0) is 26.1 Å². The van der Waals surface area contributed by atoms with E-state index in [0.29, 0.717) is 18.9 Å². The summed E-state index contributed by atoms with van der Waals surface area (Å²) in [7, 11) is 0. The van der Waals surface area contributed by atoms with E-state index >= 15 is 0 Å². The highest BCUT2D eigenvalue weighted by molar-refractivity contribution is 5.64. The number of fused-ring (bicyclic) bond motifs is 1. The van der Waals surface area contributed by atoms with Crippen LogP contribution in [0.3, 0.4) is 0 Å². The summed E-state index contributed by atoms with van der Waals surface area (Å²) >= 11 is 0. The molecule has 1 aliphatic heterocycles. The van der Waals surface area contributed by atoms with Gasteiger partial charge in [0.2, 0.25) is 0 Å². The lowest BCUT2D eigenvalue weighted by atomic mass is 9.95. The monoisotopic (exact) mass is 401 g/mol. The molecule has 3 aromatic rings. The van der Waals surface area contributed by atoms with Crippen LogP contribution in [-0.4, -0.2) is 27.8 Å². The standard InChI is InChI=1S/C25H27N3O2/c1-3-27-12-11-21-9-10-22(13-23(21)17-27)19(2)16-28-25(29)14-24(15-26-28)30-18-20-7-5-4-6-8-20/h4-10,13-15H,2-3,11-12,16-18H2,1H3. The van der Waals surface area contributed by atoms with Crippen molar-refractivity contribution in [2.24, 2.45) is 0 Å². The molecule has 0 aliphatic carbocycles. The van der Waals surface area contributed by atoms with Crippen LogP contribution in [0.25, 0.3) is 5.57 Å².